The van der Waals surface area contributed by atoms with Crippen molar-refractivity contribution in [2.45, 2.75) is 31.3 Å². The molecule has 22 heavy (non-hydrogen) atoms. The van der Waals surface area contributed by atoms with Gasteiger partial charge in [0.15, 0.2) is 0 Å². The summed E-state index contributed by atoms with van der Waals surface area (Å²) < 4.78 is 5.77. The molecule has 0 N–H and O–H groups in total. The number of ether oxygens (including phenoxy) is 1. The number of benzene rings is 2. The minimum Gasteiger partial charge on any atom is -0.461 e. The zero-order chi connectivity index (χ0) is 15.2. The van der Waals surface area contributed by atoms with Gasteiger partial charge in [0, 0.05) is 6.42 Å². The SMILES string of the molecule is O=C(OC1CC=CCC1)C(c1ccccc1)c1ccccc1. The molecular formula is C20H20O2. The summed E-state index contributed by atoms with van der Waals surface area (Å²) >= 11 is 0. The van der Waals surface area contributed by atoms with Crippen LogP contribution in [0.2, 0.25) is 0 Å². The van der Waals surface area contributed by atoms with Crippen molar-refractivity contribution >= 4 is 5.97 Å². The Hall–Kier alpha value is -2.35. The largest absolute Gasteiger partial charge is 0.461 e. The molecule has 3 rings (SSSR count). The normalized spacial score (nSPS) is 17.4. The van der Waals surface area contributed by atoms with Gasteiger partial charge in [0.2, 0.25) is 0 Å². The first kappa shape index (κ1) is 14.6. The zero-order valence-electron chi connectivity index (χ0n) is 12.5. The Balaban J connectivity index is 1.85. The Morgan fingerprint density at radius 1 is 0.909 bits per heavy atom. The lowest BCUT2D eigenvalue weighted by Crippen LogP contribution is -2.24. The van der Waals surface area contributed by atoms with Crippen LogP contribution in [0.4, 0.5) is 0 Å². The predicted molar refractivity (Wildman–Crippen MR) is 87.6 cm³/mol. The van der Waals surface area contributed by atoms with Crippen LogP contribution in [0.1, 0.15) is 36.3 Å². The van der Waals surface area contributed by atoms with Crippen LogP contribution in [-0.4, -0.2) is 12.1 Å². The molecule has 112 valence electrons. The molecule has 1 aliphatic rings. The lowest BCUT2D eigenvalue weighted by atomic mass is 9.91. The molecule has 0 aromatic heterocycles. The second-order valence-electron chi connectivity index (χ2n) is 5.60. The van der Waals surface area contributed by atoms with E-state index in [9.17, 15) is 4.79 Å². The summed E-state index contributed by atoms with van der Waals surface area (Å²) in [5, 5.41) is 0. The maximum atomic E-state index is 12.8. The van der Waals surface area contributed by atoms with Gasteiger partial charge in [-0.25, -0.2) is 0 Å². The van der Waals surface area contributed by atoms with Gasteiger partial charge in [-0.1, -0.05) is 72.8 Å². The van der Waals surface area contributed by atoms with Crippen LogP contribution in [-0.2, 0) is 9.53 Å². The Labute approximate surface area is 131 Å². The van der Waals surface area contributed by atoms with Gasteiger partial charge in [-0.3, -0.25) is 4.79 Å². The molecule has 0 bridgehead atoms. The molecule has 2 nitrogen and oxygen atoms in total. The van der Waals surface area contributed by atoms with Gasteiger partial charge in [-0.05, 0) is 24.0 Å². The van der Waals surface area contributed by atoms with Crippen molar-refractivity contribution in [2.75, 3.05) is 0 Å². The molecule has 1 atom stereocenters. The highest BCUT2D eigenvalue weighted by Crippen LogP contribution is 2.27. The highest BCUT2D eigenvalue weighted by atomic mass is 16.5. The summed E-state index contributed by atoms with van der Waals surface area (Å²) in [5.74, 6) is -0.508. The van der Waals surface area contributed by atoms with E-state index in [1.807, 2.05) is 60.7 Å². The second kappa shape index (κ2) is 7.08. The molecule has 0 saturated carbocycles. The van der Waals surface area contributed by atoms with Crippen LogP contribution >= 0.6 is 0 Å². The van der Waals surface area contributed by atoms with Gasteiger partial charge >= 0.3 is 5.97 Å². The summed E-state index contributed by atoms with van der Waals surface area (Å²) in [6.45, 7) is 0. The molecule has 0 spiro atoms. The average molecular weight is 292 g/mol. The maximum Gasteiger partial charge on any atom is 0.318 e. The van der Waals surface area contributed by atoms with E-state index in [1.54, 1.807) is 0 Å². The van der Waals surface area contributed by atoms with Crippen LogP contribution in [0, 0.1) is 0 Å². The van der Waals surface area contributed by atoms with Gasteiger partial charge in [-0.15, -0.1) is 0 Å². The van der Waals surface area contributed by atoms with Crippen LogP contribution in [0.25, 0.3) is 0 Å². The number of hydrogen-bond acceptors (Lipinski definition) is 2. The van der Waals surface area contributed by atoms with Gasteiger partial charge < -0.3 is 4.74 Å². The quantitative estimate of drug-likeness (QED) is 0.614. The van der Waals surface area contributed by atoms with Crippen molar-refractivity contribution in [3.8, 4) is 0 Å². The number of carbonyl (C=O) groups excluding carboxylic acids is 1. The van der Waals surface area contributed by atoms with E-state index >= 15 is 0 Å². The molecule has 2 aromatic carbocycles. The van der Waals surface area contributed by atoms with Crippen molar-refractivity contribution in [3.05, 3.63) is 83.9 Å². The third-order valence-electron chi connectivity index (χ3n) is 4.01. The van der Waals surface area contributed by atoms with Crippen molar-refractivity contribution in [1.82, 2.24) is 0 Å². The molecule has 0 radical (unpaired) electrons. The second-order valence-corrected chi connectivity index (χ2v) is 5.60. The van der Waals surface area contributed by atoms with Crippen LogP contribution < -0.4 is 0 Å². The zero-order valence-corrected chi connectivity index (χ0v) is 12.5. The lowest BCUT2D eigenvalue weighted by molar-refractivity contribution is -0.150. The predicted octanol–water partition coefficient (Wildman–Crippen LogP) is 4.47. The van der Waals surface area contributed by atoms with E-state index in [-0.39, 0.29) is 18.0 Å². The third kappa shape index (κ3) is 3.45. The number of allylic oxidation sites excluding steroid dienone is 1. The summed E-state index contributed by atoms with van der Waals surface area (Å²) in [4.78, 5) is 12.8. The molecule has 1 unspecified atom stereocenters. The van der Waals surface area contributed by atoms with Crippen LogP contribution in [0.15, 0.2) is 72.8 Å². The highest BCUT2D eigenvalue weighted by Gasteiger charge is 2.26. The highest BCUT2D eigenvalue weighted by molar-refractivity contribution is 5.82. The smallest absolute Gasteiger partial charge is 0.318 e. The molecule has 0 aliphatic heterocycles. The average Bonchev–Trinajstić information content (AvgIpc) is 2.58. The van der Waals surface area contributed by atoms with Crippen molar-refractivity contribution in [1.29, 1.82) is 0 Å². The lowest BCUT2D eigenvalue weighted by Gasteiger charge is -2.23. The molecular weight excluding hydrogens is 272 g/mol. The fourth-order valence-corrected chi connectivity index (χ4v) is 2.86. The van der Waals surface area contributed by atoms with E-state index in [4.69, 9.17) is 4.74 Å². The topological polar surface area (TPSA) is 26.3 Å². The fourth-order valence-electron chi connectivity index (χ4n) is 2.86. The van der Waals surface area contributed by atoms with E-state index in [0.717, 1.165) is 30.4 Å². The summed E-state index contributed by atoms with van der Waals surface area (Å²) in [7, 11) is 0. The van der Waals surface area contributed by atoms with E-state index in [2.05, 4.69) is 12.2 Å². The number of carbonyl (C=O) groups is 1. The number of hydrogen-bond donors (Lipinski definition) is 0. The number of esters is 1. The Morgan fingerprint density at radius 2 is 1.50 bits per heavy atom. The van der Waals surface area contributed by atoms with Crippen molar-refractivity contribution in [2.24, 2.45) is 0 Å². The van der Waals surface area contributed by atoms with E-state index in [0.29, 0.717) is 0 Å². The minimum atomic E-state index is -0.353. The molecule has 1 aliphatic carbocycles. The van der Waals surface area contributed by atoms with E-state index < -0.39 is 0 Å². The Kier molecular flexibility index (Phi) is 4.69. The van der Waals surface area contributed by atoms with Gasteiger partial charge in [0.05, 0.1) is 0 Å². The van der Waals surface area contributed by atoms with Crippen molar-refractivity contribution < 1.29 is 9.53 Å². The van der Waals surface area contributed by atoms with Gasteiger partial charge in [0.1, 0.15) is 12.0 Å². The van der Waals surface area contributed by atoms with Gasteiger partial charge in [0.25, 0.3) is 0 Å². The molecule has 2 aromatic rings. The van der Waals surface area contributed by atoms with Crippen molar-refractivity contribution in [3.63, 3.8) is 0 Å². The minimum absolute atomic E-state index is 0.00687. The summed E-state index contributed by atoms with van der Waals surface area (Å²) in [5.41, 5.74) is 1.95. The van der Waals surface area contributed by atoms with Crippen LogP contribution in [0.3, 0.4) is 0 Å². The molecule has 2 heteroatoms. The summed E-state index contributed by atoms with van der Waals surface area (Å²) in [6, 6.07) is 19.7. The molecule has 0 heterocycles. The third-order valence-corrected chi connectivity index (χ3v) is 4.01. The first-order valence-electron chi connectivity index (χ1n) is 7.80. The van der Waals surface area contributed by atoms with Gasteiger partial charge in [-0.2, -0.15) is 0 Å². The monoisotopic (exact) mass is 292 g/mol. The molecule has 0 fully saturated rings. The fraction of sp³-hybridized carbons (Fsp3) is 0.250. The molecule has 0 amide bonds. The van der Waals surface area contributed by atoms with Crippen LogP contribution in [0.5, 0.6) is 0 Å². The number of rotatable bonds is 4. The summed E-state index contributed by atoms with van der Waals surface area (Å²) in [6.07, 6.45) is 6.98. The Bertz CT molecular complexity index is 592. The Morgan fingerprint density at radius 3 is 2.00 bits per heavy atom. The first-order valence-corrected chi connectivity index (χ1v) is 7.80. The first-order chi connectivity index (χ1) is 10.8. The van der Waals surface area contributed by atoms with E-state index in [1.165, 1.54) is 0 Å². The maximum absolute atomic E-state index is 12.8. The molecule has 0 saturated heterocycles. The standard InChI is InChI=1S/C20H20O2/c21-20(22-18-14-8-3-9-15-18)19(16-10-4-1-5-11-16)17-12-6-2-7-13-17/h1-8,10-13,18-19H,9,14-15H2.